The molecule has 1 fully saturated rings. The van der Waals surface area contributed by atoms with E-state index in [1.54, 1.807) is 0 Å². The predicted molar refractivity (Wildman–Crippen MR) is 59.8 cm³/mol. The monoisotopic (exact) mass is 206 g/mol. The molecule has 1 unspecified atom stereocenters. The van der Waals surface area contributed by atoms with E-state index in [2.05, 4.69) is 24.3 Å². The second-order valence-corrected chi connectivity index (χ2v) is 3.85. The minimum atomic E-state index is -0.329. The molecule has 1 aromatic carbocycles. The molecule has 0 N–H and O–H groups in total. The summed E-state index contributed by atoms with van der Waals surface area (Å²) in [6.07, 6.45) is 0.985. The summed E-state index contributed by atoms with van der Waals surface area (Å²) in [7, 11) is 0. The molecule has 2 nitrogen and oxygen atoms in total. The van der Waals surface area contributed by atoms with Gasteiger partial charge in [0, 0.05) is 25.6 Å². The molecule has 0 aromatic heterocycles. The molecule has 2 heteroatoms. The van der Waals surface area contributed by atoms with Gasteiger partial charge in [0.15, 0.2) is 5.79 Å². The highest BCUT2D eigenvalue weighted by Crippen LogP contribution is 2.54. The molecule has 0 spiro atoms. The van der Waals surface area contributed by atoms with E-state index in [-0.39, 0.29) is 5.79 Å². The first-order chi connectivity index (χ1) is 7.32. The van der Waals surface area contributed by atoms with Gasteiger partial charge in [-0.25, -0.2) is 0 Å². The number of benzene rings is 1. The maximum absolute atomic E-state index is 5.73. The zero-order valence-electron chi connectivity index (χ0n) is 9.40. The van der Waals surface area contributed by atoms with Crippen LogP contribution in [0.2, 0.25) is 0 Å². The van der Waals surface area contributed by atoms with Crippen LogP contribution in [0, 0.1) is 0 Å². The molecule has 15 heavy (non-hydrogen) atoms. The molecule has 0 bridgehead atoms. The zero-order chi connectivity index (χ0) is 10.7. The van der Waals surface area contributed by atoms with Crippen molar-refractivity contribution in [3.05, 3.63) is 35.9 Å². The van der Waals surface area contributed by atoms with Crippen molar-refractivity contribution in [2.75, 3.05) is 13.2 Å². The summed E-state index contributed by atoms with van der Waals surface area (Å²) < 4.78 is 11.5. The summed E-state index contributed by atoms with van der Waals surface area (Å²) in [6.45, 7) is 5.45. The van der Waals surface area contributed by atoms with Crippen LogP contribution >= 0.6 is 0 Å². The Morgan fingerprint density at radius 1 is 1.13 bits per heavy atom. The average Bonchev–Trinajstić information content (AvgIpc) is 2.95. The molecule has 1 aromatic rings. The van der Waals surface area contributed by atoms with Crippen LogP contribution in [0.15, 0.2) is 30.3 Å². The molecule has 1 atom stereocenters. The lowest BCUT2D eigenvalue weighted by molar-refractivity contribution is -0.164. The van der Waals surface area contributed by atoms with Gasteiger partial charge in [0.2, 0.25) is 0 Å². The van der Waals surface area contributed by atoms with E-state index in [0.717, 1.165) is 6.42 Å². The van der Waals surface area contributed by atoms with Crippen LogP contribution < -0.4 is 0 Å². The predicted octanol–water partition coefficient (Wildman–Crippen LogP) is 2.94. The zero-order valence-corrected chi connectivity index (χ0v) is 9.40. The lowest BCUT2D eigenvalue weighted by atomic mass is 10.1. The van der Waals surface area contributed by atoms with Gasteiger partial charge in [0.25, 0.3) is 0 Å². The Hall–Kier alpha value is -0.860. The quantitative estimate of drug-likeness (QED) is 0.690. The number of hydrogen-bond acceptors (Lipinski definition) is 2. The third kappa shape index (κ3) is 2.06. The molecule has 0 saturated heterocycles. The van der Waals surface area contributed by atoms with Crippen LogP contribution in [0.5, 0.6) is 0 Å². The molecule has 0 heterocycles. The Kier molecular flexibility index (Phi) is 3.08. The van der Waals surface area contributed by atoms with Gasteiger partial charge in [-0.2, -0.15) is 0 Å². The first-order valence-electron chi connectivity index (χ1n) is 5.65. The Labute approximate surface area is 91.2 Å². The van der Waals surface area contributed by atoms with Gasteiger partial charge in [-0.3, -0.25) is 0 Å². The van der Waals surface area contributed by atoms with E-state index >= 15 is 0 Å². The van der Waals surface area contributed by atoms with E-state index < -0.39 is 0 Å². The first kappa shape index (κ1) is 10.7. The highest BCUT2D eigenvalue weighted by Gasteiger charge is 2.57. The van der Waals surface area contributed by atoms with E-state index in [4.69, 9.17) is 9.47 Å². The van der Waals surface area contributed by atoms with Crippen LogP contribution in [0.25, 0.3) is 0 Å². The molecule has 0 aliphatic heterocycles. The van der Waals surface area contributed by atoms with Crippen molar-refractivity contribution in [1.29, 1.82) is 0 Å². The van der Waals surface area contributed by atoms with Crippen LogP contribution in [-0.4, -0.2) is 19.0 Å². The minimum absolute atomic E-state index is 0.329. The van der Waals surface area contributed by atoms with Gasteiger partial charge < -0.3 is 9.47 Å². The van der Waals surface area contributed by atoms with Crippen molar-refractivity contribution in [3.8, 4) is 0 Å². The molecular formula is C13H18O2. The van der Waals surface area contributed by atoms with Crippen LogP contribution in [0.3, 0.4) is 0 Å². The van der Waals surface area contributed by atoms with Crippen LogP contribution in [0.1, 0.15) is 31.7 Å². The SMILES string of the molecule is CCOC1(OCC)CC1c1ccccc1. The number of ether oxygens (including phenoxy) is 2. The van der Waals surface area contributed by atoms with Crippen molar-refractivity contribution < 1.29 is 9.47 Å². The molecule has 1 saturated carbocycles. The Bertz CT molecular complexity index is 302. The fourth-order valence-electron chi connectivity index (χ4n) is 2.13. The van der Waals surface area contributed by atoms with Crippen molar-refractivity contribution in [2.24, 2.45) is 0 Å². The minimum Gasteiger partial charge on any atom is -0.350 e. The van der Waals surface area contributed by atoms with Gasteiger partial charge in [-0.05, 0) is 19.4 Å². The summed E-state index contributed by atoms with van der Waals surface area (Å²) in [6, 6.07) is 10.5. The first-order valence-corrected chi connectivity index (χ1v) is 5.65. The Morgan fingerprint density at radius 2 is 1.73 bits per heavy atom. The molecular weight excluding hydrogens is 188 g/mol. The Morgan fingerprint density at radius 3 is 2.27 bits per heavy atom. The lowest BCUT2D eigenvalue weighted by Gasteiger charge is -2.17. The summed E-state index contributed by atoms with van der Waals surface area (Å²) in [4.78, 5) is 0. The fraction of sp³-hybridized carbons (Fsp3) is 0.538. The van der Waals surface area contributed by atoms with Crippen LogP contribution in [-0.2, 0) is 9.47 Å². The summed E-state index contributed by atoms with van der Waals surface area (Å²) in [5.74, 6) is 0.0869. The van der Waals surface area contributed by atoms with Gasteiger partial charge >= 0.3 is 0 Å². The maximum atomic E-state index is 5.73. The van der Waals surface area contributed by atoms with Crippen molar-refractivity contribution in [2.45, 2.75) is 32.0 Å². The van der Waals surface area contributed by atoms with Crippen molar-refractivity contribution in [3.63, 3.8) is 0 Å². The standard InChI is InChI=1S/C13H18O2/c1-3-14-13(15-4-2)10-12(13)11-8-6-5-7-9-11/h5-9,12H,3-4,10H2,1-2H3. The maximum Gasteiger partial charge on any atom is 0.175 e. The molecule has 2 rings (SSSR count). The molecule has 82 valence electrons. The van der Waals surface area contributed by atoms with Gasteiger partial charge in [-0.1, -0.05) is 30.3 Å². The van der Waals surface area contributed by atoms with E-state index in [9.17, 15) is 0 Å². The van der Waals surface area contributed by atoms with E-state index in [1.807, 2.05) is 19.9 Å². The van der Waals surface area contributed by atoms with E-state index in [1.165, 1.54) is 5.56 Å². The second kappa shape index (κ2) is 4.33. The topological polar surface area (TPSA) is 18.5 Å². The third-order valence-corrected chi connectivity index (χ3v) is 2.84. The summed E-state index contributed by atoms with van der Waals surface area (Å²) in [5, 5.41) is 0. The highest BCUT2D eigenvalue weighted by atomic mass is 16.7. The third-order valence-electron chi connectivity index (χ3n) is 2.84. The van der Waals surface area contributed by atoms with Gasteiger partial charge in [-0.15, -0.1) is 0 Å². The molecule has 0 amide bonds. The van der Waals surface area contributed by atoms with Gasteiger partial charge in [0.05, 0.1) is 0 Å². The fourth-order valence-corrected chi connectivity index (χ4v) is 2.13. The lowest BCUT2D eigenvalue weighted by Crippen LogP contribution is -2.21. The summed E-state index contributed by atoms with van der Waals surface area (Å²) in [5.41, 5.74) is 1.32. The molecule has 0 radical (unpaired) electrons. The largest absolute Gasteiger partial charge is 0.350 e. The van der Waals surface area contributed by atoms with Crippen molar-refractivity contribution in [1.82, 2.24) is 0 Å². The smallest absolute Gasteiger partial charge is 0.175 e. The molecule has 1 aliphatic carbocycles. The van der Waals surface area contributed by atoms with Gasteiger partial charge in [0.1, 0.15) is 0 Å². The van der Waals surface area contributed by atoms with Crippen LogP contribution in [0.4, 0.5) is 0 Å². The summed E-state index contributed by atoms with van der Waals surface area (Å²) >= 11 is 0. The number of rotatable bonds is 5. The Balaban J connectivity index is 2.08. The normalized spacial score (nSPS) is 22.7. The second-order valence-electron chi connectivity index (χ2n) is 3.85. The average molecular weight is 206 g/mol. The van der Waals surface area contributed by atoms with E-state index in [0.29, 0.717) is 19.1 Å². The number of hydrogen-bond donors (Lipinski definition) is 0. The van der Waals surface area contributed by atoms with Crippen molar-refractivity contribution >= 4 is 0 Å². The highest BCUT2D eigenvalue weighted by molar-refractivity contribution is 5.29. The molecule has 1 aliphatic rings.